The number of hydrogen-bond donors (Lipinski definition) is 1. The van der Waals surface area contributed by atoms with Gasteiger partial charge in [0.05, 0.1) is 29.3 Å². The molecule has 2 atom stereocenters. The van der Waals surface area contributed by atoms with Crippen molar-refractivity contribution < 1.29 is 13.2 Å². The Balaban J connectivity index is 1.53. The maximum Gasteiger partial charge on any atom is 0.234 e. The first kappa shape index (κ1) is 21.9. The van der Waals surface area contributed by atoms with Crippen LogP contribution in [0.25, 0.3) is 0 Å². The van der Waals surface area contributed by atoms with Crippen LogP contribution in [0.4, 0.5) is 11.4 Å². The van der Waals surface area contributed by atoms with E-state index in [4.69, 9.17) is 4.99 Å². The third-order valence-corrected chi connectivity index (χ3v) is 8.75. The van der Waals surface area contributed by atoms with Gasteiger partial charge in [-0.1, -0.05) is 30.0 Å². The second-order valence-electron chi connectivity index (χ2n) is 8.35. The number of carbonyl (C=O) groups is 1. The lowest BCUT2D eigenvalue weighted by Gasteiger charge is -2.27. The summed E-state index contributed by atoms with van der Waals surface area (Å²) in [6, 6.07) is 11.5. The third kappa shape index (κ3) is 4.50. The van der Waals surface area contributed by atoms with E-state index in [0.717, 1.165) is 28.1 Å². The van der Waals surface area contributed by atoms with Gasteiger partial charge in [0, 0.05) is 11.4 Å². The molecule has 31 heavy (non-hydrogen) atoms. The molecule has 1 N–H and O–H groups in total. The molecule has 6 nitrogen and oxygen atoms in total. The minimum Gasteiger partial charge on any atom is -0.325 e. The number of benzene rings is 2. The lowest BCUT2D eigenvalue weighted by atomic mass is 10.1. The van der Waals surface area contributed by atoms with Crippen LogP contribution in [0.3, 0.4) is 0 Å². The molecule has 0 aromatic heterocycles. The molecule has 2 heterocycles. The average molecular weight is 458 g/mol. The highest BCUT2D eigenvalue weighted by Crippen LogP contribution is 2.35. The lowest BCUT2D eigenvalue weighted by Crippen LogP contribution is -2.39. The highest BCUT2D eigenvalue weighted by molar-refractivity contribution is 8.14. The van der Waals surface area contributed by atoms with Crippen LogP contribution in [0.15, 0.2) is 41.4 Å². The number of thioether (sulfide) groups is 1. The summed E-state index contributed by atoms with van der Waals surface area (Å²) in [5.41, 5.74) is 6.23. The van der Waals surface area contributed by atoms with Crippen molar-refractivity contribution in [1.82, 2.24) is 0 Å². The number of anilines is 2. The van der Waals surface area contributed by atoms with Crippen molar-refractivity contribution in [3.8, 4) is 0 Å². The summed E-state index contributed by atoms with van der Waals surface area (Å²) in [5, 5.41) is 3.69. The summed E-state index contributed by atoms with van der Waals surface area (Å²) in [6.07, 6.45) is 0. The Morgan fingerprint density at radius 3 is 2.61 bits per heavy atom. The van der Waals surface area contributed by atoms with Crippen molar-refractivity contribution in [2.45, 2.75) is 39.8 Å². The molecule has 1 fully saturated rings. The number of amides is 1. The average Bonchev–Trinajstić information content (AvgIpc) is 3.17. The number of nitrogens with one attached hydrogen (secondary N) is 1. The molecule has 2 aromatic carbocycles. The highest BCUT2D eigenvalue weighted by Gasteiger charge is 2.47. The summed E-state index contributed by atoms with van der Waals surface area (Å²) in [4.78, 5) is 19.3. The van der Waals surface area contributed by atoms with Gasteiger partial charge < -0.3 is 10.2 Å². The van der Waals surface area contributed by atoms with Crippen LogP contribution in [0.5, 0.6) is 0 Å². The van der Waals surface area contributed by atoms with Crippen LogP contribution in [-0.2, 0) is 14.6 Å². The van der Waals surface area contributed by atoms with Gasteiger partial charge in [0.2, 0.25) is 5.91 Å². The SMILES string of the molecule is Cc1ccc(N2C(SCC(=O)Nc3cccc(C)c3C)=NC3CS(=O)(=O)CC32)cc1C. The molecular weight excluding hydrogens is 430 g/mol. The second kappa shape index (κ2) is 8.31. The minimum atomic E-state index is -3.11. The molecule has 164 valence electrons. The molecule has 2 aliphatic heterocycles. The summed E-state index contributed by atoms with van der Waals surface area (Å²) in [7, 11) is -3.11. The van der Waals surface area contributed by atoms with Gasteiger partial charge >= 0.3 is 0 Å². The highest BCUT2D eigenvalue weighted by atomic mass is 32.2. The van der Waals surface area contributed by atoms with E-state index in [1.54, 1.807) is 0 Å². The van der Waals surface area contributed by atoms with Crippen LogP contribution < -0.4 is 10.2 Å². The van der Waals surface area contributed by atoms with Gasteiger partial charge in [-0.3, -0.25) is 9.79 Å². The molecule has 0 bridgehead atoms. The molecule has 1 amide bonds. The fraction of sp³-hybridized carbons (Fsp3) is 0.391. The summed E-state index contributed by atoms with van der Waals surface area (Å²) < 4.78 is 24.4. The number of sulfone groups is 1. The van der Waals surface area contributed by atoms with Crippen molar-refractivity contribution >= 4 is 44.0 Å². The number of fused-ring (bicyclic) bond motifs is 1. The summed E-state index contributed by atoms with van der Waals surface area (Å²) in [5.74, 6) is 0.260. The van der Waals surface area contributed by atoms with E-state index in [1.165, 1.54) is 17.3 Å². The zero-order valence-electron chi connectivity index (χ0n) is 18.2. The van der Waals surface area contributed by atoms with E-state index in [-0.39, 0.29) is 35.2 Å². The van der Waals surface area contributed by atoms with Crippen LogP contribution in [-0.4, -0.2) is 48.8 Å². The Morgan fingerprint density at radius 1 is 1.10 bits per heavy atom. The topological polar surface area (TPSA) is 78.8 Å². The van der Waals surface area contributed by atoms with Crippen molar-refractivity contribution in [2.24, 2.45) is 4.99 Å². The van der Waals surface area contributed by atoms with Gasteiger partial charge in [-0.15, -0.1) is 0 Å². The van der Waals surface area contributed by atoms with Crippen molar-refractivity contribution in [2.75, 3.05) is 27.5 Å². The van der Waals surface area contributed by atoms with E-state index in [1.807, 2.05) is 62.9 Å². The quantitative estimate of drug-likeness (QED) is 0.758. The number of aryl methyl sites for hydroxylation is 3. The number of amidine groups is 1. The normalized spacial score (nSPS) is 21.7. The first-order chi connectivity index (χ1) is 14.6. The molecule has 2 aromatic rings. The number of aliphatic imine (C=N–C) groups is 1. The molecule has 1 saturated heterocycles. The number of hydrogen-bond acceptors (Lipinski definition) is 6. The predicted molar refractivity (Wildman–Crippen MR) is 129 cm³/mol. The standard InChI is InChI=1S/C23H27N3O3S2/c1-14-8-9-18(10-16(14)3)26-21-13-31(28,29)12-20(21)25-23(26)30-11-22(27)24-19-7-5-6-15(2)17(19)4/h5-10,20-21H,11-13H2,1-4H3,(H,24,27). The predicted octanol–water partition coefficient (Wildman–Crippen LogP) is 3.63. The van der Waals surface area contributed by atoms with Gasteiger partial charge in [0.25, 0.3) is 0 Å². The Kier molecular flexibility index (Phi) is 5.87. The zero-order chi connectivity index (χ0) is 22.3. The molecule has 0 saturated carbocycles. The maximum atomic E-state index is 12.6. The Labute approximate surface area is 188 Å². The molecule has 2 aliphatic rings. The van der Waals surface area contributed by atoms with Gasteiger partial charge in [-0.2, -0.15) is 0 Å². The summed E-state index contributed by atoms with van der Waals surface area (Å²) >= 11 is 1.36. The van der Waals surface area contributed by atoms with E-state index in [2.05, 4.69) is 11.4 Å². The zero-order valence-corrected chi connectivity index (χ0v) is 19.8. The molecule has 0 spiro atoms. The number of carbonyl (C=O) groups excluding carboxylic acids is 1. The second-order valence-corrected chi connectivity index (χ2v) is 11.4. The van der Waals surface area contributed by atoms with Crippen LogP contribution in [0, 0.1) is 27.7 Å². The molecule has 0 aliphatic carbocycles. The van der Waals surface area contributed by atoms with E-state index in [9.17, 15) is 13.2 Å². The fourth-order valence-corrected chi connectivity index (χ4v) is 6.78. The minimum absolute atomic E-state index is 0.0672. The smallest absolute Gasteiger partial charge is 0.234 e. The van der Waals surface area contributed by atoms with E-state index in [0.29, 0.717) is 5.17 Å². The monoisotopic (exact) mass is 457 g/mol. The summed E-state index contributed by atoms with van der Waals surface area (Å²) in [6.45, 7) is 8.09. The van der Waals surface area contributed by atoms with Crippen molar-refractivity contribution in [1.29, 1.82) is 0 Å². The first-order valence-corrected chi connectivity index (χ1v) is 13.1. The van der Waals surface area contributed by atoms with Crippen molar-refractivity contribution in [3.63, 3.8) is 0 Å². The molecule has 8 heteroatoms. The lowest BCUT2D eigenvalue weighted by molar-refractivity contribution is -0.113. The maximum absolute atomic E-state index is 12.6. The first-order valence-electron chi connectivity index (χ1n) is 10.3. The third-order valence-electron chi connectivity index (χ3n) is 6.09. The number of rotatable bonds is 4. The Hall–Kier alpha value is -2.32. The van der Waals surface area contributed by atoms with E-state index >= 15 is 0 Å². The molecular formula is C23H27N3O3S2. The van der Waals surface area contributed by atoms with Gasteiger partial charge in [0.1, 0.15) is 0 Å². The molecule has 0 radical (unpaired) electrons. The Bertz CT molecular complexity index is 1170. The van der Waals surface area contributed by atoms with Gasteiger partial charge in [-0.05, 0) is 68.1 Å². The Morgan fingerprint density at radius 2 is 1.87 bits per heavy atom. The molecule has 2 unspecified atom stereocenters. The van der Waals surface area contributed by atoms with Crippen LogP contribution >= 0.6 is 11.8 Å². The van der Waals surface area contributed by atoms with Crippen LogP contribution in [0.2, 0.25) is 0 Å². The fourth-order valence-electron chi connectivity index (χ4n) is 4.01. The van der Waals surface area contributed by atoms with Crippen molar-refractivity contribution in [3.05, 3.63) is 58.7 Å². The van der Waals surface area contributed by atoms with E-state index < -0.39 is 9.84 Å². The van der Waals surface area contributed by atoms with Gasteiger partial charge in [-0.25, -0.2) is 8.42 Å². The van der Waals surface area contributed by atoms with Gasteiger partial charge in [0.15, 0.2) is 15.0 Å². The van der Waals surface area contributed by atoms with Crippen LogP contribution in [0.1, 0.15) is 22.3 Å². The number of nitrogens with zero attached hydrogens (tertiary/aromatic N) is 2. The molecule has 4 rings (SSSR count). The largest absolute Gasteiger partial charge is 0.325 e.